The summed E-state index contributed by atoms with van der Waals surface area (Å²) in [4.78, 5) is 58.6. The molecule has 3 atom stereocenters. The van der Waals surface area contributed by atoms with E-state index in [0.29, 0.717) is 5.57 Å². The van der Waals surface area contributed by atoms with Gasteiger partial charge in [0.25, 0.3) is 5.91 Å². The molecule has 10 nitrogen and oxygen atoms in total. The van der Waals surface area contributed by atoms with E-state index in [9.17, 15) is 34.2 Å². The summed E-state index contributed by atoms with van der Waals surface area (Å²) >= 11 is 1.25. The Morgan fingerprint density at radius 1 is 1.32 bits per heavy atom. The average Bonchev–Trinajstić information content (AvgIpc) is 2.58. The molecule has 0 saturated carbocycles. The van der Waals surface area contributed by atoms with Crippen LogP contribution < -0.4 is 21.3 Å². The predicted octanol–water partition coefficient (Wildman–Crippen LogP) is -3.39. The van der Waals surface area contributed by atoms with Gasteiger partial charge in [-0.15, -0.1) is 11.8 Å². The molecule has 2 aliphatic rings. The number of nitrogens with two attached hydrogens (primary N) is 1. The van der Waals surface area contributed by atoms with E-state index >= 15 is 0 Å². The van der Waals surface area contributed by atoms with Gasteiger partial charge in [0.1, 0.15) is 17.2 Å². The fraction of sp³-hybridized carbons (Fsp3) is 0.562. The van der Waals surface area contributed by atoms with Crippen LogP contribution in [-0.4, -0.2) is 57.6 Å². The molecule has 2 amide bonds. The molecule has 28 heavy (non-hydrogen) atoms. The zero-order valence-corrected chi connectivity index (χ0v) is 19.0. The van der Waals surface area contributed by atoms with Crippen molar-refractivity contribution in [1.29, 1.82) is 0 Å². The number of carbonyl (C=O) groups excluding carboxylic acids is 5. The second-order valence-electron chi connectivity index (χ2n) is 6.39. The van der Waals surface area contributed by atoms with Gasteiger partial charge in [0, 0.05) is 24.6 Å². The summed E-state index contributed by atoms with van der Waals surface area (Å²) in [5.74, 6) is -3.98. The normalized spacial score (nSPS) is 21.8. The predicted molar refractivity (Wildman–Crippen MR) is 89.2 cm³/mol. The van der Waals surface area contributed by atoms with Gasteiger partial charge in [-0.3, -0.25) is 19.3 Å². The first-order valence-corrected chi connectivity index (χ1v) is 9.31. The van der Waals surface area contributed by atoms with E-state index in [1.165, 1.54) is 18.7 Å². The Balaban J connectivity index is 0.00000392. The Labute approximate surface area is 178 Å². The van der Waals surface area contributed by atoms with Crippen LogP contribution in [-0.2, 0) is 43.5 Å². The van der Waals surface area contributed by atoms with Crippen LogP contribution in [0.15, 0.2) is 11.3 Å². The molecule has 0 aromatic rings. The Morgan fingerprint density at radius 2 is 1.96 bits per heavy atom. The van der Waals surface area contributed by atoms with E-state index in [2.05, 4.69) is 5.32 Å². The SMILES string of the molecule is CC(=O)CC1=C(C(=O)[O-])N2C(=O)C(NC(=O)CCC[C@@H](N)C(=O)[O-])[C@H]2SC1.[Zn+2]. The molecule has 0 aromatic carbocycles. The maximum absolute atomic E-state index is 12.3. The van der Waals surface area contributed by atoms with E-state index in [0.717, 1.165) is 4.90 Å². The molecule has 0 bridgehead atoms. The fourth-order valence-electron chi connectivity index (χ4n) is 2.95. The average molecular weight is 463 g/mol. The number of hydrogen-bond acceptors (Lipinski definition) is 9. The molecule has 2 aliphatic heterocycles. The third kappa shape index (κ3) is 5.39. The van der Waals surface area contributed by atoms with Gasteiger partial charge in [-0.25, -0.2) is 0 Å². The molecule has 1 saturated heterocycles. The molecular formula is C16H19N3O7SZn. The number of nitrogens with zero attached hydrogens (tertiary/aromatic N) is 1. The number of nitrogens with one attached hydrogen (secondary N) is 1. The first-order valence-electron chi connectivity index (χ1n) is 8.26. The molecule has 3 N–H and O–H groups in total. The van der Waals surface area contributed by atoms with Gasteiger partial charge >= 0.3 is 19.5 Å². The van der Waals surface area contributed by atoms with Gasteiger partial charge in [-0.1, -0.05) is 0 Å². The van der Waals surface area contributed by atoms with Gasteiger partial charge in [-0.05, 0) is 25.3 Å². The van der Waals surface area contributed by atoms with E-state index in [1.54, 1.807) is 0 Å². The smallest absolute Gasteiger partial charge is 0.548 e. The minimum absolute atomic E-state index is 0. The number of carboxylic acid groups (broad SMARTS) is 2. The molecular weight excluding hydrogens is 444 g/mol. The number of amides is 2. The molecule has 148 valence electrons. The molecule has 0 radical (unpaired) electrons. The number of β-lactam (4-membered cyclic amide) rings is 1. The van der Waals surface area contributed by atoms with Gasteiger partial charge in [0.15, 0.2) is 0 Å². The Morgan fingerprint density at radius 3 is 2.50 bits per heavy atom. The Bertz CT molecular complexity index is 727. The zero-order valence-electron chi connectivity index (χ0n) is 15.3. The van der Waals surface area contributed by atoms with Crippen LogP contribution in [0, 0.1) is 0 Å². The largest absolute Gasteiger partial charge is 2.00 e. The molecule has 1 unspecified atom stereocenters. The van der Waals surface area contributed by atoms with Crippen molar-refractivity contribution in [3.8, 4) is 0 Å². The summed E-state index contributed by atoms with van der Waals surface area (Å²) in [5, 5.41) is 23.9. The van der Waals surface area contributed by atoms with Crippen LogP contribution >= 0.6 is 11.8 Å². The number of thioether (sulfide) groups is 1. The first-order chi connectivity index (χ1) is 12.6. The van der Waals surface area contributed by atoms with Crippen molar-refractivity contribution < 1.29 is 53.7 Å². The monoisotopic (exact) mass is 461 g/mol. The summed E-state index contributed by atoms with van der Waals surface area (Å²) in [5.41, 5.74) is 5.31. The van der Waals surface area contributed by atoms with Crippen molar-refractivity contribution in [2.45, 2.75) is 50.1 Å². The number of rotatable bonds is 9. The van der Waals surface area contributed by atoms with Crippen molar-refractivity contribution in [3.05, 3.63) is 11.3 Å². The van der Waals surface area contributed by atoms with Crippen molar-refractivity contribution >= 4 is 41.3 Å². The second-order valence-corrected chi connectivity index (χ2v) is 7.50. The van der Waals surface area contributed by atoms with Crippen molar-refractivity contribution in [2.24, 2.45) is 5.73 Å². The number of Topliss-reactive ketones (excluding diaryl/α,β-unsaturated/α-hetero) is 1. The summed E-state index contributed by atoms with van der Waals surface area (Å²) < 4.78 is 0. The second kappa shape index (κ2) is 10.1. The minimum Gasteiger partial charge on any atom is -0.548 e. The van der Waals surface area contributed by atoms with Crippen molar-refractivity contribution in [2.75, 3.05) is 5.75 Å². The third-order valence-corrected chi connectivity index (χ3v) is 5.58. The van der Waals surface area contributed by atoms with Crippen LogP contribution in [0.2, 0.25) is 0 Å². The van der Waals surface area contributed by atoms with Crippen LogP contribution in [0.25, 0.3) is 0 Å². The molecule has 1 fully saturated rings. The van der Waals surface area contributed by atoms with Crippen LogP contribution in [0.4, 0.5) is 0 Å². The third-order valence-electron chi connectivity index (χ3n) is 4.24. The van der Waals surface area contributed by atoms with Gasteiger partial charge in [0.05, 0.1) is 17.6 Å². The van der Waals surface area contributed by atoms with Crippen molar-refractivity contribution in [1.82, 2.24) is 10.2 Å². The van der Waals surface area contributed by atoms with E-state index < -0.39 is 41.2 Å². The Hall–Kier alpha value is -1.78. The molecule has 0 aromatic heterocycles. The number of carboxylic acids is 2. The fourth-order valence-corrected chi connectivity index (χ4v) is 4.30. The van der Waals surface area contributed by atoms with E-state index in [4.69, 9.17) is 5.73 Å². The molecule has 0 aliphatic carbocycles. The minimum atomic E-state index is -1.54. The number of hydrogen-bond donors (Lipinski definition) is 2. The van der Waals surface area contributed by atoms with E-state index in [-0.39, 0.29) is 62.4 Å². The maximum atomic E-state index is 12.3. The molecule has 0 spiro atoms. The first kappa shape index (κ1) is 24.3. The van der Waals surface area contributed by atoms with Gasteiger partial charge in [0.2, 0.25) is 5.91 Å². The number of carbonyl (C=O) groups is 5. The topological polar surface area (TPSA) is 173 Å². The summed E-state index contributed by atoms with van der Waals surface area (Å²) in [6.45, 7) is 1.32. The van der Waals surface area contributed by atoms with Crippen LogP contribution in [0.5, 0.6) is 0 Å². The van der Waals surface area contributed by atoms with Crippen LogP contribution in [0.1, 0.15) is 32.6 Å². The summed E-state index contributed by atoms with van der Waals surface area (Å²) in [7, 11) is 0. The molecule has 2 rings (SSSR count). The van der Waals surface area contributed by atoms with E-state index in [1.807, 2.05) is 0 Å². The summed E-state index contributed by atoms with van der Waals surface area (Å²) in [6.07, 6.45) is 0.157. The number of aliphatic carboxylic acids is 2. The van der Waals surface area contributed by atoms with Crippen LogP contribution in [0.3, 0.4) is 0 Å². The molecule has 2 heterocycles. The zero-order chi connectivity index (χ0) is 20.3. The van der Waals surface area contributed by atoms with Gasteiger partial charge in [-0.2, -0.15) is 0 Å². The Kier molecular flexibility index (Phi) is 8.78. The summed E-state index contributed by atoms with van der Waals surface area (Å²) in [6, 6.07) is -2.05. The number of ketones is 1. The van der Waals surface area contributed by atoms with Crippen molar-refractivity contribution in [3.63, 3.8) is 0 Å². The quantitative estimate of drug-likeness (QED) is 0.262. The van der Waals surface area contributed by atoms with Gasteiger partial charge < -0.3 is 30.9 Å². The standard InChI is InChI=1S/C16H21N3O7S.Zn/c1-7(20)5-8-6-27-14-11(13(22)19(14)12(8)16(25)26)18-10(21)4-2-3-9(17)15(23)24;/h9,11,14H,2-6,17H2,1H3,(H,18,21)(H,23,24)(H,25,26);/q;+2/p-2/t9-,11?,14-;/m1./s1. The maximum Gasteiger partial charge on any atom is 2.00 e. The molecule has 12 heteroatoms. The number of fused-ring (bicyclic) bond motifs is 1.